The summed E-state index contributed by atoms with van der Waals surface area (Å²) in [6.07, 6.45) is 9.04. The molecule has 1 N–H and O–H groups in total. The van der Waals surface area contributed by atoms with Gasteiger partial charge < -0.3 is 5.32 Å². The second-order valence-electron chi connectivity index (χ2n) is 4.54. The standard InChI is InChI=1S/C11H21N/c1-12-8-11-9-6-4-2-3-5-7-10(9)11/h9-12H,2-8H2,1H3. The fraction of sp³-hybridized carbons (Fsp3) is 1.00. The molecule has 0 heterocycles. The van der Waals surface area contributed by atoms with Gasteiger partial charge in [0.2, 0.25) is 0 Å². The van der Waals surface area contributed by atoms with Gasteiger partial charge in [-0.3, -0.25) is 0 Å². The molecule has 0 radical (unpaired) electrons. The molecule has 2 rings (SSSR count). The van der Waals surface area contributed by atoms with E-state index in [9.17, 15) is 0 Å². The molecule has 0 aliphatic heterocycles. The maximum atomic E-state index is 3.33. The molecule has 0 bridgehead atoms. The highest BCUT2D eigenvalue weighted by molar-refractivity contribution is 4.97. The van der Waals surface area contributed by atoms with Crippen LogP contribution in [0.1, 0.15) is 38.5 Å². The lowest BCUT2D eigenvalue weighted by Crippen LogP contribution is -2.11. The van der Waals surface area contributed by atoms with E-state index < -0.39 is 0 Å². The van der Waals surface area contributed by atoms with Crippen LogP contribution in [0.25, 0.3) is 0 Å². The molecular formula is C11H21N. The molecule has 2 saturated carbocycles. The third kappa shape index (κ3) is 1.66. The van der Waals surface area contributed by atoms with E-state index in [0.717, 1.165) is 17.8 Å². The average molecular weight is 167 g/mol. The third-order valence-corrected chi connectivity index (χ3v) is 3.77. The molecule has 0 aromatic carbocycles. The molecule has 2 aliphatic carbocycles. The van der Waals surface area contributed by atoms with Gasteiger partial charge in [0, 0.05) is 0 Å². The molecule has 12 heavy (non-hydrogen) atoms. The smallest absolute Gasteiger partial charge is 0.00180 e. The van der Waals surface area contributed by atoms with Gasteiger partial charge in [-0.05, 0) is 44.2 Å². The quantitative estimate of drug-likeness (QED) is 0.666. The van der Waals surface area contributed by atoms with Crippen LogP contribution < -0.4 is 5.32 Å². The molecular weight excluding hydrogens is 146 g/mol. The molecule has 2 unspecified atom stereocenters. The zero-order chi connectivity index (χ0) is 8.39. The van der Waals surface area contributed by atoms with Crippen LogP contribution in [0.2, 0.25) is 0 Å². The van der Waals surface area contributed by atoms with E-state index in [0.29, 0.717) is 0 Å². The maximum Gasteiger partial charge on any atom is -0.00180 e. The summed E-state index contributed by atoms with van der Waals surface area (Å²) in [6.45, 7) is 1.27. The van der Waals surface area contributed by atoms with Gasteiger partial charge in [0.05, 0.1) is 0 Å². The van der Waals surface area contributed by atoms with Crippen LogP contribution in [-0.4, -0.2) is 13.6 Å². The number of nitrogens with one attached hydrogen (secondary N) is 1. The fourth-order valence-electron chi connectivity index (χ4n) is 3.03. The number of rotatable bonds is 2. The summed E-state index contributed by atoms with van der Waals surface area (Å²) in [5.74, 6) is 3.27. The highest BCUT2D eigenvalue weighted by Gasteiger charge is 2.47. The van der Waals surface area contributed by atoms with Crippen LogP contribution in [0.3, 0.4) is 0 Å². The average Bonchev–Trinajstić information content (AvgIpc) is 2.61. The minimum absolute atomic E-state index is 1.05. The van der Waals surface area contributed by atoms with Gasteiger partial charge in [-0.15, -0.1) is 0 Å². The van der Waals surface area contributed by atoms with Gasteiger partial charge in [-0.25, -0.2) is 0 Å². The van der Waals surface area contributed by atoms with Crippen molar-refractivity contribution in [3.63, 3.8) is 0 Å². The number of hydrogen-bond donors (Lipinski definition) is 1. The molecule has 2 aliphatic rings. The molecule has 2 atom stereocenters. The summed E-state index contributed by atoms with van der Waals surface area (Å²) in [7, 11) is 2.09. The van der Waals surface area contributed by atoms with Crippen LogP contribution in [0.5, 0.6) is 0 Å². The molecule has 1 heteroatoms. The van der Waals surface area contributed by atoms with Crippen LogP contribution >= 0.6 is 0 Å². The van der Waals surface area contributed by atoms with E-state index in [-0.39, 0.29) is 0 Å². The molecule has 0 aromatic heterocycles. The predicted molar refractivity (Wildman–Crippen MR) is 52.1 cm³/mol. The summed E-state index contributed by atoms with van der Waals surface area (Å²) >= 11 is 0. The number of fused-ring (bicyclic) bond motifs is 1. The topological polar surface area (TPSA) is 12.0 Å². The Labute approximate surface area is 75.9 Å². The van der Waals surface area contributed by atoms with E-state index in [1.54, 1.807) is 0 Å². The van der Waals surface area contributed by atoms with Gasteiger partial charge in [-0.1, -0.05) is 25.7 Å². The number of hydrogen-bond acceptors (Lipinski definition) is 1. The summed E-state index contributed by atoms with van der Waals surface area (Å²) in [6, 6.07) is 0. The van der Waals surface area contributed by atoms with Gasteiger partial charge in [-0.2, -0.15) is 0 Å². The van der Waals surface area contributed by atoms with Crippen LogP contribution in [0, 0.1) is 17.8 Å². The highest BCUT2D eigenvalue weighted by atomic mass is 14.8. The Morgan fingerprint density at radius 3 is 2.08 bits per heavy atom. The van der Waals surface area contributed by atoms with Crippen LogP contribution in [0.15, 0.2) is 0 Å². The van der Waals surface area contributed by atoms with Gasteiger partial charge in [0.1, 0.15) is 0 Å². The Kier molecular flexibility index (Phi) is 2.69. The molecule has 0 saturated heterocycles. The zero-order valence-corrected chi connectivity index (χ0v) is 8.18. The first-order chi connectivity index (χ1) is 5.93. The maximum absolute atomic E-state index is 3.33. The van der Waals surface area contributed by atoms with E-state index in [2.05, 4.69) is 12.4 Å². The first-order valence-corrected chi connectivity index (χ1v) is 5.58. The first kappa shape index (κ1) is 8.55. The normalized spacial score (nSPS) is 41.2. The Morgan fingerprint density at radius 1 is 1.00 bits per heavy atom. The van der Waals surface area contributed by atoms with Gasteiger partial charge in [0.25, 0.3) is 0 Å². The summed E-state index contributed by atoms with van der Waals surface area (Å²) in [4.78, 5) is 0. The van der Waals surface area contributed by atoms with Crippen molar-refractivity contribution in [2.75, 3.05) is 13.6 Å². The molecule has 0 amide bonds. The summed E-state index contributed by atoms with van der Waals surface area (Å²) in [5, 5.41) is 3.33. The minimum atomic E-state index is 1.05. The lowest BCUT2D eigenvalue weighted by molar-refractivity contribution is 0.485. The summed E-state index contributed by atoms with van der Waals surface area (Å²) < 4.78 is 0. The monoisotopic (exact) mass is 167 g/mol. The Bertz CT molecular complexity index is 123. The Morgan fingerprint density at radius 2 is 1.58 bits per heavy atom. The van der Waals surface area contributed by atoms with Crippen molar-refractivity contribution in [1.29, 1.82) is 0 Å². The second-order valence-corrected chi connectivity index (χ2v) is 4.54. The predicted octanol–water partition coefficient (Wildman–Crippen LogP) is 2.42. The van der Waals surface area contributed by atoms with Crippen LogP contribution in [0.4, 0.5) is 0 Å². The second kappa shape index (κ2) is 3.78. The van der Waals surface area contributed by atoms with E-state index in [1.807, 2.05) is 0 Å². The Hall–Kier alpha value is -0.0400. The van der Waals surface area contributed by atoms with Crippen molar-refractivity contribution in [2.24, 2.45) is 17.8 Å². The van der Waals surface area contributed by atoms with Gasteiger partial charge in [0.15, 0.2) is 0 Å². The Balaban J connectivity index is 1.81. The van der Waals surface area contributed by atoms with Crippen molar-refractivity contribution >= 4 is 0 Å². The van der Waals surface area contributed by atoms with Crippen LogP contribution in [-0.2, 0) is 0 Å². The molecule has 0 spiro atoms. The molecule has 70 valence electrons. The van der Waals surface area contributed by atoms with E-state index in [4.69, 9.17) is 0 Å². The lowest BCUT2D eigenvalue weighted by atomic mass is 10.0. The highest BCUT2D eigenvalue weighted by Crippen LogP contribution is 2.52. The molecule has 1 nitrogen and oxygen atoms in total. The first-order valence-electron chi connectivity index (χ1n) is 5.58. The largest absolute Gasteiger partial charge is 0.319 e. The van der Waals surface area contributed by atoms with Crippen molar-refractivity contribution in [1.82, 2.24) is 5.32 Å². The van der Waals surface area contributed by atoms with Crippen molar-refractivity contribution in [3.8, 4) is 0 Å². The fourth-order valence-corrected chi connectivity index (χ4v) is 3.03. The van der Waals surface area contributed by atoms with Gasteiger partial charge >= 0.3 is 0 Å². The molecule has 2 fully saturated rings. The zero-order valence-electron chi connectivity index (χ0n) is 8.18. The van der Waals surface area contributed by atoms with Crippen molar-refractivity contribution in [3.05, 3.63) is 0 Å². The van der Waals surface area contributed by atoms with E-state index in [1.165, 1.54) is 45.1 Å². The lowest BCUT2D eigenvalue weighted by Gasteiger charge is -2.05. The SMILES string of the molecule is CNCC1C2CCCCCCC21. The van der Waals surface area contributed by atoms with Crippen molar-refractivity contribution < 1.29 is 0 Å². The summed E-state index contributed by atoms with van der Waals surface area (Å²) in [5.41, 5.74) is 0. The minimum Gasteiger partial charge on any atom is -0.319 e. The van der Waals surface area contributed by atoms with E-state index >= 15 is 0 Å². The third-order valence-electron chi connectivity index (χ3n) is 3.77. The molecule has 0 aromatic rings. The van der Waals surface area contributed by atoms with Crippen molar-refractivity contribution in [2.45, 2.75) is 38.5 Å².